The summed E-state index contributed by atoms with van der Waals surface area (Å²) in [6, 6.07) is 0.411. The minimum atomic E-state index is 0. The lowest BCUT2D eigenvalue weighted by atomic mass is 9.96. The lowest BCUT2D eigenvalue weighted by Gasteiger charge is -2.27. The molecule has 2 aliphatic rings. The Kier molecular flexibility index (Phi) is 13.0. The van der Waals surface area contributed by atoms with Crippen molar-refractivity contribution < 1.29 is 6.22 Å². The second-order valence-corrected chi connectivity index (χ2v) is 5.26. The molecule has 2 fully saturated rings. The molecule has 0 aliphatic carbocycles. The quantitative estimate of drug-likeness (QED) is 0.731. The highest BCUT2D eigenvalue weighted by Gasteiger charge is 2.23. The zero-order valence-electron chi connectivity index (χ0n) is 13.9. The van der Waals surface area contributed by atoms with Gasteiger partial charge >= 0.3 is 0 Å². The molecule has 0 saturated carbocycles. The number of hydrogen-bond acceptors (Lipinski definition) is 3. The fourth-order valence-electron chi connectivity index (χ4n) is 2.37. The molecule has 3 N–H and O–H groups in total. The van der Waals surface area contributed by atoms with Crippen LogP contribution in [-0.4, -0.2) is 38.1 Å². The van der Waals surface area contributed by atoms with E-state index in [4.69, 9.17) is 0 Å². The number of rotatable bonds is 2. The molecule has 1 amide bonds. The van der Waals surface area contributed by atoms with Gasteiger partial charge in [-0.1, -0.05) is 34.1 Å². The van der Waals surface area contributed by atoms with Gasteiger partial charge in [0.1, 0.15) is 0 Å². The zero-order valence-corrected chi connectivity index (χ0v) is 13.9. The van der Waals surface area contributed by atoms with Crippen molar-refractivity contribution in [1.82, 2.24) is 16.0 Å². The summed E-state index contributed by atoms with van der Waals surface area (Å²) in [6.45, 7) is 12.3. The molecule has 2 rings (SSSR count). The molecule has 2 aliphatic heterocycles. The lowest BCUT2D eigenvalue weighted by molar-refractivity contribution is -0.126. The van der Waals surface area contributed by atoms with E-state index in [1.165, 1.54) is 6.42 Å². The maximum atomic E-state index is 11.9. The number of carbonyl (C=O) groups excluding carboxylic acids is 1. The summed E-state index contributed by atoms with van der Waals surface area (Å²) in [6.07, 6.45) is 5.40. The number of hydrogen-bond donors (Lipinski definition) is 3. The first kappa shape index (κ1) is 19.4. The summed E-state index contributed by atoms with van der Waals surface area (Å²) in [5.41, 5.74) is 0. The van der Waals surface area contributed by atoms with Crippen LogP contribution in [-0.2, 0) is 4.79 Å². The molecule has 0 atom stereocenters. The SMILES string of the molecule is CC.CCC.O=C(NC1CCNCC1)C1CCNCC1.[HH]. The Balaban J connectivity index is 0. The summed E-state index contributed by atoms with van der Waals surface area (Å²) in [4.78, 5) is 11.9. The Labute approximate surface area is 127 Å². The monoisotopic (exact) mass is 287 g/mol. The van der Waals surface area contributed by atoms with E-state index in [1.807, 2.05) is 13.8 Å². The Hall–Kier alpha value is -0.610. The van der Waals surface area contributed by atoms with Crippen molar-refractivity contribution in [3.8, 4) is 0 Å². The van der Waals surface area contributed by atoms with Crippen LogP contribution in [0.1, 0.15) is 61.2 Å². The van der Waals surface area contributed by atoms with Crippen molar-refractivity contribution in [2.75, 3.05) is 26.2 Å². The van der Waals surface area contributed by atoms with Gasteiger partial charge in [-0.2, -0.15) is 0 Å². The van der Waals surface area contributed by atoms with Crippen molar-refractivity contribution in [3.05, 3.63) is 0 Å². The topological polar surface area (TPSA) is 53.2 Å². The number of piperidine rings is 2. The van der Waals surface area contributed by atoms with Crippen molar-refractivity contribution in [1.29, 1.82) is 0 Å². The summed E-state index contributed by atoms with van der Waals surface area (Å²) in [7, 11) is 0. The highest BCUT2D eigenvalue weighted by molar-refractivity contribution is 5.79. The van der Waals surface area contributed by atoms with E-state index >= 15 is 0 Å². The highest BCUT2D eigenvalue weighted by Crippen LogP contribution is 2.13. The normalized spacial score (nSPS) is 20.0. The first-order valence-electron chi connectivity index (χ1n) is 8.49. The van der Waals surface area contributed by atoms with Crippen LogP contribution in [0.15, 0.2) is 0 Å². The average Bonchev–Trinajstić information content (AvgIpc) is 2.52. The zero-order chi connectivity index (χ0) is 15.2. The van der Waals surface area contributed by atoms with E-state index in [-0.39, 0.29) is 13.3 Å². The Morgan fingerprint density at radius 2 is 1.40 bits per heavy atom. The first-order valence-corrected chi connectivity index (χ1v) is 8.49. The Bertz CT molecular complexity index is 228. The Morgan fingerprint density at radius 1 is 1.00 bits per heavy atom. The molecule has 2 saturated heterocycles. The van der Waals surface area contributed by atoms with Crippen molar-refractivity contribution in [3.63, 3.8) is 0 Å². The molecule has 20 heavy (non-hydrogen) atoms. The van der Waals surface area contributed by atoms with Crippen molar-refractivity contribution in [2.24, 2.45) is 5.92 Å². The summed E-state index contributed by atoms with van der Waals surface area (Å²) >= 11 is 0. The predicted molar refractivity (Wildman–Crippen MR) is 89.1 cm³/mol. The van der Waals surface area contributed by atoms with Crippen molar-refractivity contribution >= 4 is 5.91 Å². The Morgan fingerprint density at radius 3 is 1.85 bits per heavy atom. The van der Waals surface area contributed by atoms with Crippen LogP contribution >= 0.6 is 0 Å². The minimum Gasteiger partial charge on any atom is -0.353 e. The standard InChI is InChI=1S/C11H21N3O.C3H8.C2H6.H2/c15-11(9-1-5-12-6-2-9)14-10-3-7-13-8-4-10;1-3-2;1-2;/h9-10,12-13H,1-8H2,(H,14,15);3H2,1-2H3;1-2H3;1H. The van der Waals surface area contributed by atoms with Gasteiger partial charge in [0.05, 0.1) is 0 Å². The van der Waals surface area contributed by atoms with Crippen LogP contribution in [0.3, 0.4) is 0 Å². The van der Waals surface area contributed by atoms with Gasteiger partial charge in [0.2, 0.25) is 5.91 Å². The number of amides is 1. The predicted octanol–water partition coefficient (Wildman–Crippen LogP) is 2.54. The van der Waals surface area contributed by atoms with Crippen molar-refractivity contribution in [2.45, 2.75) is 65.8 Å². The molecule has 122 valence electrons. The minimum absolute atomic E-state index is 0. The summed E-state index contributed by atoms with van der Waals surface area (Å²) < 4.78 is 0. The lowest BCUT2D eigenvalue weighted by Crippen LogP contribution is -2.46. The van der Waals surface area contributed by atoms with Gasteiger partial charge in [-0.3, -0.25) is 4.79 Å². The molecule has 0 spiro atoms. The molecule has 4 heteroatoms. The van der Waals surface area contributed by atoms with Gasteiger partial charge < -0.3 is 16.0 Å². The summed E-state index contributed by atoms with van der Waals surface area (Å²) in [5, 5.41) is 9.77. The second-order valence-electron chi connectivity index (χ2n) is 5.26. The van der Waals surface area contributed by atoms with Gasteiger partial charge in [0.15, 0.2) is 0 Å². The maximum Gasteiger partial charge on any atom is 0.223 e. The molecule has 0 bridgehead atoms. The molecule has 2 heterocycles. The summed E-state index contributed by atoms with van der Waals surface area (Å²) in [5.74, 6) is 0.532. The molecule has 0 aromatic heterocycles. The molecule has 0 aromatic carbocycles. The fourth-order valence-corrected chi connectivity index (χ4v) is 2.37. The van der Waals surface area contributed by atoms with Gasteiger partial charge in [-0.25, -0.2) is 0 Å². The molecular weight excluding hydrogens is 250 g/mol. The molecular formula is C16H37N3O. The smallest absolute Gasteiger partial charge is 0.223 e. The van der Waals surface area contributed by atoms with Gasteiger partial charge in [0, 0.05) is 13.4 Å². The van der Waals surface area contributed by atoms with E-state index in [2.05, 4.69) is 29.8 Å². The van der Waals surface area contributed by atoms with Gasteiger partial charge in [0.25, 0.3) is 0 Å². The van der Waals surface area contributed by atoms with E-state index in [0.717, 1.165) is 51.9 Å². The largest absolute Gasteiger partial charge is 0.353 e. The van der Waals surface area contributed by atoms with Gasteiger partial charge in [-0.15, -0.1) is 0 Å². The third-order valence-electron chi connectivity index (χ3n) is 3.40. The number of nitrogens with one attached hydrogen (secondary N) is 3. The first-order chi connectivity index (χ1) is 9.77. The van der Waals surface area contributed by atoms with Crippen LogP contribution in [0, 0.1) is 5.92 Å². The van der Waals surface area contributed by atoms with Crippen LogP contribution in [0.4, 0.5) is 0 Å². The third-order valence-corrected chi connectivity index (χ3v) is 3.40. The molecule has 0 radical (unpaired) electrons. The molecule has 0 aromatic rings. The van der Waals surface area contributed by atoms with Crippen LogP contribution in [0.2, 0.25) is 0 Å². The van der Waals surface area contributed by atoms with Crippen LogP contribution < -0.4 is 16.0 Å². The number of carbonyl (C=O) groups is 1. The third kappa shape index (κ3) is 8.54. The average molecular weight is 287 g/mol. The van der Waals surface area contributed by atoms with E-state index in [0.29, 0.717) is 6.04 Å². The molecule has 0 unspecified atom stereocenters. The highest BCUT2D eigenvalue weighted by atomic mass is 16.1. The van der Waals surface area contributed by atoms with E-state index < -0.39 is 0 Å². The molecule has 4 nitrogen and oxygen atoms in total. The van der Waals surface area contributed by atoms with Gasteiger partial charge in [-0.05, 0) is 51.9 Å². The fraction of sp³-hybridized carbons (Fsp3) is 0.938. The second kappa shape index (κ2) is 13.4. The van der Waals surface area contributed by atoms with E-state index in [1.54, 1.807) is 0 Å². The van der Waals surface area contributed by atoms with E-state index in [9.17, 15) is 4.79 Å². The maximum absolute atomic E-state index is 11.9. The van der Waals surface area contributed by atoms with Crippen LogP contribution in [0.5, 0.6) is 0 Å². The van der Waals surface area contributed by atoms with Crippen LogP contribution in [0.25, 0.3) is 0 Å².